The number of ether oxygens (including phenoxy) is 1. The van der Waals surface area contributed by atoms with Crippen LogP contribution in [0.15, 0.2) is 59.1 Å². The Labute approximate surface area is 167 Å². The Morgan fingerprint density at radius 3 is 2.22 bits per heavy atom. The van der Waals surface area contributed by atoms with Crippen molar-refractivity contribution in [2.45, 2.75) is 25.9 Å². The van der Waals surface area contributed by atoms with Crippen molar-refractivity contribution in [1.29, 1.82) is 0 Å². The minimum Gasteiger partial charge on any atom is -0.497 e. The second-order valence-corrected chi connectivity index (χ2v) is 7.03. The normalized spacial score (nSPS) is 13.0. The average molecular weight is 431 g/mol. The van der Waals surface area contributed by atoms with E-state index in [1.54, 1.807) is 20.1 Å². The van der Waals surface area contributed by atoms with Crippen molar-refractivity contribution in [3.05, 3.63) is 70.2 Å². The molecule has 0 radical (unpaired) electrons. The summed E-state index contributed by atoms with van der Waals surface area (Å²) in [6.45, 7) is 3.56. The summed E-state index contributed by atoms with van der Waals surface area (Å²) in [6, 6.07) is 14.3. The first-order chi connectivity index (χ1) is 12.9. The van der Waals surface area contributed by atoms with Crippen LogP contribution in [-0.2, 0) is 9.59 Å². The van der Waals surface area contributed by atoms with E-state index in [4.69, 9.17) is 4.74 Å². The van der Waals surface area contributed by atoms with Gasteiger partial charge in [-0.1, -0.05) is 40.2 Å². The second kappa shape index (κ2) is 9.92. The lowest BCUT2D eigenvalue weighted by Crippen LogP contribution is -2.45. The molecule has 142 valence electrons. The molecule has 27 heavy (non-hydrogen) atoms. The predicted molar refractivity (Wildman–Crippen MR) is 110 cm³/mol. The zero-order valence-corrected chi connectivity index (χ0v) is 17.1. The average Bonchev–Trinajstić information content (AvgIpc) is 2.67. The van der Waals surface area contributed by atoms with Crippen LogP contribution in [0.2, 0.25) is 0 Å². The lowest BCUT2D eigenvalue weighted by Gasteiger charge is -2.18. The Kier molecular flexibility index (Phi) is 7.61. The van der Waals surface area contributed by atoms with E-state index < -0.39 is 6.04 Å². The summed E-state index contributed by atoms with van der Waals surface area (Å²) in [5, 5.41) is 5.57. The van der Waals surface area contributed by atoms with Gasteiger partial charge in [0.25, 0.3) is 0 Å². The van der Waals surface area contributed by atoms with Crippen molar-refractivity contribution >= 4 is 33.8 Å². The Bertz CT molecular complexity index is 801. The molecule has 0 fully saturated rings. The van der Waals surface area contributed by atoms with Crippen molar-refractivity contribution in [2.24, 2.45) is 0 Å². The number of methoxy groups -OCH3 is 1. The van der Waals surface area contributed by atoms with Gasteiger partial charge in [-0.2, -0.15) is 0 Å². The largest absolute Gasteiger partial charge is 0.497 e. The molecular weight excluding hydrogens is 408 g/mol. The molecule has 0 aliphatic rings. The predicted octanol–water partition coefficient (Wildman–Crippen LogP) is 3.85. The number of nitrogens with one attached hydrogen (secondary N) is 2. The van der Waals surface area contributed by atoms with Gasteiger partial charge in [-0.25, -0.2) is 0 Å². The Balaban J connectivity index is 1.86. The molecule has 2 aromatic rings. The van der Waals surface area contributed by atoms with Gasteiger partial charge in [0, 0.05) is 10.5 Å². The molecule has 2 N–H and O–H groups in total. The van der Waals surface area contributed by atoms with E-state index in [1.165, 1.54) is 6.08 Å². The van der Waals surface area contributed by atoms with Crippen LogP contribution in [-0.4, -0.2) is 25.0 Å². The number of amides is 2. The topological polar surface area (TPSA) is 67.4 Å². The van der Waals surface area contributed by atoms with E-state index in [1.807, 2.05) is 55.5 Å². The Hall–Kier alpha value is -2.60. The van der Waals surface area contributed by atoms with Crippen LogP contribution in [0.3, 0.4) is 0 Å². The van der Waals surface area contributed by atoms with Crippen molar-refractivity contribution < 1.29 is 14.3 Å². The van der Waals surface area contributed by atoms with Gasteiger partial charge in [-0.3, -0.25) is 9.59 Å². The molecule has 2 aromatic carbocycles. The summed E-state index contributed by atoms with van der Waals surface area (Å²) >= 11 is 3.39. The molecule has 0 aromatic heterocycles. The van der Waals surface area contributed by atoms with Gasteiger partial charge in [0.05, 0.1) is 13.2 Å². The smallest absolute Gasteiger partial charge is 0.244 e. The van der Waals surface area contributed by atoms with E-state index in [0.717, 1.165) is 21.3 Å². The molecule has 6 heteroatoms. The maximum atomic E-state index is 12.3. The molecular formula is C21H23BrN2O3. The highest BCUT2D eigenvalue weighted by molar-refractivity contribution is 9.10. The summed E-state index contributed by atoms with van der Waals surface area (Å²) in [5.41, 5.74) is 1.86. The molecule has 0 bridgehead atoms. The van der Waals surface area contributed by atoms with Crippen LogP contribution in [0.4, 0.5) is 0 Å². The molecule has 0 spiro atoms. The molecule has 0 aliphatic carbocycles. The summed E-state index contributed by atoms with van der Waals surface area (Å²) < 4.78 is 6.07. The van der Waals surface area contributed by atoms with E-state index >= 15 is 0 Å². The summed E-state index contributed by atoms with van der Waals surface area (Å²) in [6.07, 6.45) is 3.09. The van der Waals surface area contributed by atoms with Gasteiger partial charge in [-0.15, -0.1) is 0 Å². The van der Waals surface area contributed by atoms with E-state index in [0.29, 0.717) is 0 Å². The van der Waals surface area contributed by atoms with Gasteiger partial charge >= 0.3 is 0 Å². The zero-order valence-electron chi connectivity index (χ0n) is 15.5. The van der Waals surface area contributed by atoms with Crippen molar-refractivity contribution in [3.63, 3.8) is 0 Å². The maximum absolute atomic E-state index is 12.3. The second-order valence-electron chi connectivity index (χ2n) is 6.12. The van der Waals surface area contributed by atoms with E-state index in [2.05, 4.69) is 26.6 Å². The maximum Gasteiger partial charge on any atom is 0.244 e. The quantitative estimate of drug-likeness (QED) is 0.655. The van der Waals surface area contributed by atoms with Gasteiger partial charge < -0.3 is 15.4 Å². The van der Waals surface area contributed by atoms with Crippen LogP contribution in [0, 0.1) is 0 Å². The molecule has 0 saturated heterocycles. The number of rotatable bonds is 7. The fraction of sp³-hybridized carbons (Fsp3) is 0.238. The first kappa shape index (κ1) is 20.7. The van der Waals surface area contributed by atoms with Gasteiger partial charge in [0.1, 0.15) is 11.8 Å². The first-order valence-electron chi connectivity index (χ1n) is 8.57. The summed E-state index contributed by atoms with van der Waals surface area (Å²) in [5.74, 6) is 0.183. The minimum atomic E-state index is -0.643. The van der Waals surface area contributed by atoms with Crippen LogP contribution in [0.1, 0.15) is 31.0 Å². The van der Waals surface area contributed by atoms with E-state index in [-0.39, 0.29) is 17.9 Å². The number of hydrogen-bond donors (Lipinski definition) is 2. The lowest BCUT2D eigenvalue weighted by atomic mass is 10.1. The van der Waals surface area contributed by atoms with Crippen molar-refractivity contribution in [2.75, 3.05) is 7.11 Å². The monoisotopic (exact) mass is 430 g/mol. The van der Waals surface area contributed by atoms with Gasteiger partial charge in [0.2, 0.25) is 11.8 Å². The van der Waals surface area contributed by atoms with Crippen LogP contribution < -0.4 is 15.4 Å². The van der Waals surface area contributed by atoms with Crippen molar-refractivity contribution in [3.8, 4) is 5.75 Å². The number of benzene rings is 2. The Morgan fingerprint density at radius 2 is 1.63 bits per heavy atom. The molecule has 0 aliphatic heterocycles. The number of carbonyl (C=O) groups is 2. The molecule has 0 heterocycles. The zero-order chi connectivity index (χ0) is 19.8. The molecule has 5 nitrogen and oxygen atoms in total. The highest BCUT2D eigenvalue weighted by Gasteiger charge is 2.17. The highest BCUT2D eigenvalue weighted by Crippen LogP contribution is 2.16. The summed E-state index contributed by atoms with van der Waals surface area (Å²) in [7, 11) is 1.60. The van der Waals surface area contributed by atoms with Gasteiger partial charge in [0.15, 0.2) is 0 Å². The van der Waals surface area contributed by atoms with Crippen LogP contribution in [0.25, 0.3) is 6.08 Å². The first-order valence-corrected chi connectivity index (χ1v) is 9.37. The van der Waals surface area contributed by atoms with Gasteiger partial charge in [-0.05, 0) is 55.3 Å². The highest BCUT2D eigenvalue weighted by atomic mass is 79.9. The molecule has 2 amide bonds. The molecule has 2 atom stereocenters. The fourth-order valence-electron chi connectivity index (χ4n) is 2.39. The Morgan fingerprint density at radius 1 is 1.00 bits per heavy atom. The van der Waals surface area contributed by atoms with Crippen molar-refractivity contribution in [1.82, 2.24) is 10.6 Å². The third kappa shape index (κ3) is 6.57. The molecule has 2 rings (SSSR count). The lowest BCUT2D eigenvalue weighted by molar-refractivity contribution is -0.127. The standard InChI is InChI=1S/C21H23BrN2O3/c1-14(17-7-9-18(22)10-8-17)24-21(26)15(2)23-20(25)13-6-16-4-11-19(27-3)12-5-16/h4-15H,1-3H3,(H,23,25)(H,24,26). The number of hydrogen-bond acceptors (Lipinski definition) is 3. The number of halogens is 1. The third-order valence-electron chi connectivity index (χ3n) is 4.02. The van der Waals surface area contributed by atoms with E-state index in [9.17, 15) is 9.59 Å². The fourth-order valence-corrected chi connectivity index (χ4v) is 2.65. The van der Waals surface area contributed by atoms with Crippen LogP contribution in [0.5, 0.6) is 5.75 Å². The molecule has 2 unspecified atom stereocenters. The third-order valence-corrected chi connectivity index (χ3v) is 4.55. The number of carbonyl (C=O) groups excluding carboxylic acids is 2. The summed E-state index contributed by atoms with van der Waals surface area (Å²) in [4.78, 5) is 24.3. The van der Waals surface area contributed by atoms with Crippen LogP contribution >= 0.6 is 15.9 Å². The molecule has 0 saturated carbocycles. The minimum absolute atomic E-state index is 0.153. The SMILES string of the molecule is COc1ccc(C=CC(=O)NC(C)C(=O)NC(C)c2ccc(Br)cc2)cc1.